The summed E-state index contributed by atoms with van der Waals surface area (Å²) in [7, 11) is 11.0. The first-order valence-corrected chi connectivity index (χ1v) is 31.6. The molecule has 0 saturated heterocycles. The summed E-state index contributed by atoms with van der Waals surface area (Å²) in [4.78, 5) is 0. The van der Waals surface area contributed by atoms with Crippen molar-refractivity contribution in [3.63, 3.8) is 0 Å². The molecule has 2 radical (unpaired) electrons. The van der Waals surface area contributed by atoms with Crippen LogP contribution in [0.4, 0.5) is 0 Å². The zero-order valence-electron chi connectivity index (χ0n) is 40.5. The Labute approximate surface area is 427 Å². The van der Waals surface area contributed by atoms with E-state index in [0.29, 0.717) is 0 Å². The molecule has 10 aromatic rings. The van der Waals surface area contributed by atoms with Crippen LogP contribution in [0.1, 0.15) is 52.7 Å². The van der Waals surface area contributed by atoms with Crippen molar-refractivity contribution >= 4 is 48.1 Å². The van der Waals surface area contributed by atoms with Gasteiger partial charge in [0.2, 0.25) is 0 Å². The van der Waals surface area contributed by atoms with Gasteiger partial charge in [-0.05, 0) is 66.5 Å². The van der Waals surface area contributed by atoms with Crippen molar-refractivity contribution in [3.8, 4) is 66.8 Å². The molecule has 338 valence electrons. The minimum absolute atomic E-state index is 0.113. The Hall–Kier alpha value is -5.34. The van der Waals surface area contributed by atoms with E-state index in [2.05, 4.69) is 273 Å². The van der Waals surface area contributed by atoms with E-state index >= 15 is 0 Å². The molecule has 0 atom stereocenters. The van der Waals surface area contributed by atoms with Crippen molar-refractivity contribution in [2.45, 2.75) is 65.5 Å². The van der Waals surface area contributed by atoms with E-state index in [1.165, 1.54) is 99.4 Å². The Morgan fingerprint density at radius 2 is 0.603 bits per heavy atom. The molecule has 0 spiro atoms. The Kier molecular flexibility index (Phi) is 17.3. The van der Waals surface area contributed by atoms with E-state index in [1.807, 2.05) is 0 Å². The van der Waals surface area contributed by atoms with Gasteiger partial charge in [0, 0.05) is 9.52 Å². The van der Waals surface area contributed by atoms with Crippen LogP contribution in [0.2, 0.25) is 13.1 Å². The molecule has 0 aliphatic heterocycles. The first-order chi connectivity index (χ1) is 32.9. The Morgan fingerprint density at radius 1 is 0.353 bits per heavy atom. The molecule has 0 aliphatic rings. The summed E-state index contributed by atoms with van der Waals surface area (Å²) in [6, 6.07) is 79.2. The van der Waals surface area contributed by atoms with E-state index in [0.717, 1.165) is 9.52 Å². The molecule has 0 unspecified atom stereocenters. The second-order valence-corrected chi connectivity index (χ2v) is 23.8. The molecular formula is C64H60Cl2SiZr. The monoisotopic (exact) mass is 1020 g/mol. The van der Waals surface area contributed by atoms with Gasteiger partial charge in [-0.2, -0.15) is 12.1 Å². The third-order valence-corrected chi connectivity index (χ3v) is 12.2. The molecule has 68 heavy (non-hydrogen) atoms. The molecule has 0 saturated carbocycles. The van der Waals surface area contributed by atoms with Gasteiger partial charge in [-0.3, -0.25) is 0 Å². The summed E-state index contributed by atoms with van der Waals surface area (Å²) >= 11 is -0.826. The maximum absolute atomic E-state index is 4.93. The molecule has 0 heterocycles. The number of benzene rings is 8. The topological polar surface area (TPSA) is 0 Å². The van der Waals surface area contributed by atoms with Crippen molar-refractivity contribution in [1.29, 1.82) is 0 Å². The molecule has 0 fully saturated rings. The average Bonchev–Trinajstić information content (AvgIpc) is 4.02. The fraction of sp³-hybridized carbons (Fsp3) is 0.156. The van der Waals surface area contributed by atoms with Gasteiger partial charge in [-0.15, -0.1) is 56.9 Å². The third-order valence-electron chi connectivity index (χ3n) is 12.2. The van der Waals surface area contributed by atoms with Crippen LogP contribution in [-0.4, -0.2) is 9.52 Å². The predicted molar refractivity (Wildman–Crippen MR) is 298 cm³/mol. The summed E-state index contributed by atoms with van der Waals surface area (Å²) in [5, 5.41) is 5.27. The molecule has 10 aromatic carbocycles. The summed E-state index contributed by atoms with van der Waals surface area (Å²) in [5.41, 5.74) is 18.3. The van der Waals surface area contributed by atoms with Crippen LogP contribution in [0.15, 0.2) is 218 Å². The summed E-state index contributed by atoms with van der Waals surface area (Å²) in [6.45, 7) is 18.0. The molecule has 0 aromatic heterocycles. The zero-order valence-corrected chi connectivity index (χ0v) is 45.5. The number of halogens is 2. The first-order valence-electron chi connectivity index (χ1n) is 23.3. The van der Waals surface area contributed by atoms with Crippen LogP contribution >= 0.6 is 17.0 Å². The number of hydrogen-bond donors (Lipinski definition) is 0. The molecular weight excluding hydrogens is 959 g/mol. The maximum atomic E-state index is 4.93. The Morgan fingerprint density at radius 3 is 0.882 bits per heavy atom. The van der Waals surface area contributed by atoms with Crippen LogP contribution in [0.25, 0.3) is 88.3 Å². The van der Waals surface area contributed by atoms with Gasteiger partial charge < -0.3 is 0 Å². The molecule has 0 aliphatic carbocycles. The van der Waals surface area contributed by atoms with E-state index in [1.54, 1.807) is 0 Å². The molecule has 0 amide bonds. The number of rotatable bonds is 6. The van der Waals surface area contributed by atoms with Crippen LogP contribution in [0.3, 0.4) is 0 Å². The first kappa shape index (κ1) is 50.5. The quantitative estimate of drug-likeness (QED) is 0.115. The summed E-state index contributed by atoms with van der Waals surface area (Å²) < 4.78 is 0. The standard InChI is InChI=1S/2C31H27.C2H6Si.2ClH.Zr/c2*1-31(2,3)25-20-24-18-19-27(23-14-8-5-9-15-23)30(29(24)21-25)28-17-11-10-16-26(28)22-12-6-4-7-13-22;1-3-2;;;/h2*4-21H,1-3H3;1-2H3;2*1H;/q2*-1;;;;+4/p-2. The van der Waals surface area contributed by atoms with E-state index < -0.39 is 20.8 Å². The zero-order chi connectivity index (χ0) is 48.3. The fourth-order valence-electron chi connectivity index (χ4n) is 8.87. The Bertz CT molecular complexity index is 2940. The van der Waals surface area contributed by atoms with Gasteiger partial charge in [-0.1, -0.05) is 248 Å². The Balaban J connectivity index is 0.000000181. The number of hydrogen-bond acceptors (Lipinski definition) is 0. The van der Waals surface area contributed by atoms with Gasteiger partial charge in [0.25, 0.3) is 0 Å². The van der Waals surface area contributed by atoms with Gasteiger partial charge in [0.1, 0.15) is 0 Å². The van der Waals surface area contributed by atoms with Crippen LogP contribution in [-0.2, 0) is 31.7 Å². The molecule has 4 heteroatoms. The van der Waals surface area contributed by atoms with E-state index in [4.69, 9.17) is 17.0 Å². The second kappa shape index (κ2) is 23.3. The van der Waals surface area contributed by atoms with E-state index in [-0.39, 0.29) is 10.8 Å². The van der Waals surface area contributed by atoms with Crippen molar-refractivity contribution in [2.75, 3.05) is 0 Å². The van der Waals surface area contributed by atoms with Crippen molar-refractivity contribution in [2.24, 2.45) is 0 Å². The molecule has 0 nitrogen and oxygen atoms in total. The van der Waals surface area contributed by atoms with Crippen molar-refractivity contribution in [3.05, 3.63) is 230 Å². The fourth-order valence-corrected chi connectivity index (χ4v) is 8.87. The molecule has 0 bridgehead atoms. The van der Waals surface area contributed by atoms with Crippen LogP contribution in [0, 0.1) is 0 Å². The summed E-state index contributed by atoms with van der Waals surface area (Å²) in [5.74, 6) is 0. The normalized spacial score (nSPS) is 11.1. The predicted octanol–water partition coefficient (Wildman–Crippen LogP) is 19.9. The van der Waals surface area contributed by atoms with Crippen LogP contribution < -0.4 is 0 Å². The third kappa shape index (κ3) is 11.9. The SMILES string of the molecule is CC(C)(C)c1cc2c(-c3ccccc3-c3ccccc3)c(-c3ccccc3)ccc2[cH-]1.CC(C)(C)c1cc2c(-c3ccccc3-c3ccccc3)c(-c3ccccc3)ccc2[cH-]1.C[Si]C.[Cl][Zr+2][Cl]. The molecule has 0 N–H and O–H groups in total. The number of fused-ring (bicyclic) bond motifs is 2. The van der Waals surface area contributed by atoms with Crippen molar-refractivity contribution < 1.29 is 20.8 Å². The van der Waals surface area contributed by atoms with Crippen LogP contribution in [0.5, 0.6) is 0 Å². The minimum atomic E-state index is -0.826. The van der Waals surface area contributed by atoms with Gasteiger partial charge in [0.05, 0.1) is 0 Å². The van der Waals surface area contributed by atoms with Crippen molar-refractivity contribution in [1.82, 2.24) is 0 Å². The molecule has 10 rings (SSSR count). The van der Waals surface area contributed by atoms with E-state index in [9.17, 15) is 0 Å². The van der Waals surface area contributed by atoms with Gasteiger partial charge in [0.15, 0.2) is 0 Å². The second-order valence-electron chi connectivity index (χ2n) is 19.1. The van der Waals surface area contributed by atoms with Gasteiger partial charge in [-0.25, -0.2) is 0 Å². The van der Waals surface area contributed by atoms with Gasteiger partial charge >= 0.3 is 37.9 Å². The summed E-state index contributed by atoms with van der Waals surface area (Å²) in [6.07, 6.45) is 0. The average molecular weight is 1020 g/mol.